The van der Waals surface area contributed by atoms with Gasteiger partial charge in [0.1, 0.15) is 11.4 Å². The number of carbonyl (C=O) groups is 1. The fourth-order valence-corrected chi connectivity index (χ4v) is 4.33. The molecule has 13 heteroatoms. The fourth-order valence-electron chi connectivity index (χ4n) is 3.21. The molecule has 32 heavy (non-hydrogen) atoms. The van der Waals surface area contributed by atoms with E-state index in [9.17, 15) is 25.0 Å². The molecule has 0 aliphatic heterocycles. The molecule has 170 valence electrons. The lowest BCUT2D eigenvalue weighted by Gasteiger charge is -2.19. The zero-order valence-corrected chi connectivity index (χ0v) is 19.5. The number of anilines is 2. The largest absolute Gasteiger partial charge is 0.497 e. The van der Waals surface area contributed by atoms with Gasteiger partial charge in [0.2, 0.25) is 5.91 Å². The SMILES string of the molecule is CCB(CC)c1cc(NC(C)=O)c(SNc2c(Cl)cc([N+](=O)[O-])cc2[N+](=O)[O-])cc1OC. The first-order valence-corrected chi connectivity index (χ1v) is 10.9. The predicted molar refractivity (Wildman–Crippen MR) is 128 cm³/mol. The van der Waals surface area contributed by atoms with Crippen molar-refractivity contribution < 1.29 is 19.4 Å². The third kappa shape index (κ3) is 5.83. The molecule has 0 radical (unpaired) electrons. The van der Waals surface area contributed by atoms with Gasteiger partial charge < -0.3 is 14.8 Å². The Balaban J connectivity index is 2.51. The topological polar surface area (TPSA) is 137 Å². The van der Waals surface area contributed by atoms with Crippen LogP contribution < -0.4 is 20.2 Å². The molecule has 0 saturated heterocycles. The van der Waals surface area contributed by atoms with Crippen LogP contribution in [-0.4, -0.2) is 29.6 Å². The van der Waals surface area contributed by atoms with Crippen molar-refractivity contribution in [3.8, 4) is 5.75 Å². The summed E-state index contributed by atoms with van der Waals surface area (Å²) in [6.07, 6.45) is 1.75. The summed E-state index contributed by atoms with van der Waals surface area (Å²) < 4.78 is 8.35. The molecule has 2 N–H and O–H groups in total. The molecular weight excluding hydrogens is 459 g/mol. The fraction of sp³-hybridized carbons (Fsp3) is 0.316. The van der Waals surface area contributed by atoms with E-state index in [2.05, 4.69) is 23.9 Å². The maximum Gasteiger partial charge on any atom is 0.301 e. The number of nitro benzene ring substituents is 2. The Bertz CT molecular complexity index is 1050. The van der Waals surface area contributed by atoms with Crippen LogP contribution in [0.5, 0.6) is 5.75 Å². The number of methoxy groups -OCH3 is 1. The van der Waals surface area contributed by atoms with Crippen molar-refractivity contribution in [2.24, 2.45) is 0 Å². The summed E-state index contributed by atoms with van der Waals surface area (Å²) in [5, 5.41) is 25.1. The zero-order chi connectivity index (χ0) is 24.0. The number of nitrogens with zero attached hydrogens (tertiary/aromatic N) is 2. The number of benzene rings is 2. The average Bonchev–Trinajstić information content (AvgIpc) is 2.73. The Hall–Kier alpha value is -2.99. The number of ether oxygens (including phenoxy) is 1. The molecule has 2 rings (SSSR count). The molecule has 0 atom stereocenters. The first-order valence-electron chi connectivity index (χ1n) is 9.67. The predicted octanol–water partition coefficient (Wildman–Crippen LogP) is 4.98. The zero-order valence-electron chi connectivity index (χ0n) is 17.9. The smallest absolute Gasteiger partial charge is 0.301 e. The van der Waals surface area contributed by atoms with Gasteiger partial charge in [0, 0.05) is 13.0 Å². The van der Waals surface area contributed by atoms with Gasteiger partial charge in [-0.2, -0.15) is 0 Å². The molecule has 2 aromatic carbocycles. The summed E-state index contributed by atoms with van der Waals surface area (Å²) in [5.41, 5.74) is 0.304. The van der Waals surface area contributed by atoms with E-state index >= 15 is 0 Å². The molecule has 0 heterocycles. The van der Waals surface area contributed by atoms with Gasteiger partial charge in [-0.25, -0.2) is 0 Å². The van der Waals surface area contributed by atoms with Crippen LogP contribution in [-0.2, 0) is 4.79 Å². The van der Waals surface area contributed by atoms with Gasteiger partial charge in [0.15, 0.2) is 6.71 Å². The number of halogens is 1. The second-order valence-electron chi connectivity index (χ2n) is 6.82. The highest BCUT2D eigenvalue weighted by atomic mass is 35.5. The van der Waals surface area contributed by atoms with Gasteiger partial charge in [-0.15, -0.1) is 0 Å². The van der Waals surface area contributed by atoms with Crippen molar-refractivity contribution in [1.29, 1.82) is 0 Å². The van der Waals surface area contributed by atoms with Crippen molar-refractivity contribution in [1.82, 2.24) is 0 Å². The standard InChI is InChI=1S/C19H22BClN4O6S/c1-5-20(6-2)13-9-15(22-11(3)26)18(10-17(13)31-4)32-23-19-14(21)7-12(24(27)28)8-16(19)25(29)30/h7-10,23H,5-6H2,1-4H3,(H,22,26). The van der Waals surface area contributed by atoms with Crippen molar-refractivity contribution in [3.63, 3.8) is 0 Å². The lowest BCUT2D eigenvalue weighted by Crippen LogP contribution is -2.30. The number of hydrogen-bond donors (Lipinski definition) is 2. The van der Waals surface area contributed by atoms with Gasteiger partial charge in [0.05, 0.1) is 38.6 Å². The third-order valence-corrected chi connectivity index (χ3v) is 5.95. The van der Waals surface area contributed by atoms with E-state index in [0.717, 1.165) is 42.2 Å². The van der Waals surface area contributed by atoms with Gasteiger partial charge in [-0.05, 0) is 29.5 Å². The molecule has 10 nitrogen and oxygen atoms in total. The number of hydrogen-bond acceptors (Lipinski definition) is 8. The summed E-state index contributed by atoms with van der Waals surface area (Å²) in [6.45, 7) is 5.72. The Morgan fingerprint density at radius 1 is 1.16 bits per heavy atom. The van der Waals surface area contributed by atoms with Crippen LogP contribution in [0.15, 0.2) is 29.2 Å². The normalized spacial score (nSPS) is 10.4. The molecule has 0 unspecified atom stereocenters. The van der Waals surface area contributed by atoms with Crippen LogP contribution >= 0.6 is 23.5 Å². The number of rotatable bonds is 10. The van der Waals surface area contributed by atoms with Crippen molar-refractivity contribution in [2.75, 3.05) is 17.1 Å². The second-order valence-corrected chi connectivity index (χ2v) is 8.08. The van der Waals surface area contributed by atoms with E-state index in [1.807, 2.05) is 6.07 Å². The van der Waals surface area contributed by atoms with Gasteiger partial charge >= 0.3 is 5.69 Å². The maximum absolute atomic E-state index is 11.8. The summed E-state index contributed by atoms with van der Waals surface area (Å²) in [4.78, 5) is 33.3. The Kier molecular flexibility index (Phi) is 8.73. The lowest BCUT2D eigenvalue weighted by atomic mass is 9.41. The third-order valence-electron chi connectivity index (χ3n) is 4.79. The van der Waals surface area contributed by atoms with Crippen LogP contribution in [0.25, 0.3) is 0 Å². The van der Waals surface area contributed by atoms with Gasteiger partial charge in [-0.1, -0.05) is 38.1 Å². The number of non-ortho nitro benzene ring substituents is 1. The van der Waals surface area contributed by atoms with E-state index in [-0.39, 0.29) is 23.3 Å². The number of nitrogens with one attached hydrogen (secondary N) is 2. The molecule has 0 spiro atoms. The maximum atomic E-state index is 11.8. The summed E-state index contributed by atoms with van der Waals surface area (Å²) >= 11 is 7.06. The van der Waals surface area contributed by atoms with Crippen molar-refractivity contribution in [3.05, 3.63) is 49.5 Å². The highest BCUT2D eigenvalue weighted by molar-refractivity contribution is 8.00. The minimum absolute atomic E-state index is 0.0934. The summed E-state index contributed by atoms with van der Waals surface area (Å²) in [7, 11) is 1.54. The highest BCUT2D eigenvalue weighted by Crippen LogP contribution is 2.40. The Labute approximate surface area is 194 Å². The van der Waals surface area contributed by atoms with Crippen molar-refractivity contribution >= 4 is 64.4 Å². The molecule has 0 saturated carbocycles. The molecular formula is C19H22BClN4O6S. The van der Waals surface area contributed by atoms with Crippen LogP contribution in [0.4, 0.5) is 22.7 Å². The van der Waals surface area contributed by atoms with Gasteiger partial charge in [0.25, 0.3) is 5.69 Å². The molecule has 1 amide bonds. The van der Waals surface area contributed by atoms with E-state index < -0.39 is 21.2 Å². The minimum Gasteiger partial charge on any atom is -0.497 e. The van der Waals surface area contributed by atoms with Crippen molar-refractivity contribution in [2.45, 2.75) is 38.3 Å². The summed E-state index contributed by atoms with van der Waals surface area (Å²) in [5.74, 6) is 0.327. The second kappa shape index (κ2) is 11.0. The lowest BCUT2D eigenvalue weighted by molar-refractivity contribution is -0.393. The quantitative estimate of drug-likeness (QED) is 0.210. The minimum atomic E-state index is -0.758. The first-order chi connectivity index (χ1) is 15.1. The number of amides is 1. The van der Waals surface area contributed by atoms with Crippen LogP contribution in [0.2, 0.25) is 17.7 Å². The summed E-state index contributed by atoms with van der Waals surface area (Å²) in [6, 6.07) is 5.42. The first kappa shape index (κ1) is 25.3. The molecule has 0 aliphatic rings. The van der Waals surface area contributed by atoms with E-state index in [1.165, 1.54) is 6.92 Å². The molecule has 2 aromatic rings. The molecule has 0 aromatic heterocycles. The number of carbonyl (C=O) groups excluding carboxylic acids is 1. The monoisotopic (exact) mass is 480 g/mol. The Morgan fingerprint density at radius 2 is 1.81 bits per heavy atom. The van der Waals surface area contributed by atoms with E-state index in [4.69, 9.17) is 16.3 Å². The highest BCUT2D eigenvalue weighted by Gasteiger charge is 2.25. The average molecular weight is 481 g/mol. The molecule has 0 bridgehead atoms. The van der Waals surface area contributed by atoms with Crippen LogP contribution in [0.3, 0.4) is 0 Å². The van der Waals surface area contributed by atoms with Crippen LogP contribution in [0.1, 0.15) is 20.8 Å². The number of nitro groups is 2. The van der Waals surface area contributed by atoms with Gasteiger partial charge in [-0.3, -0.25) is 25.0 Å². The Morgan fingerprint density at radius 3 is 2.31 bits per heavy atom. The van der Waals surface area contributed by atoms with E-state index in [1.54, 1.807) is 13.2 Å². The molecule has 0 fully saturated rings. The van der Waals surface area contributed by atoms with E-state index in [0.29, 0.717) is 16.3 Å². The molecule has 0 aliphatic carbocycles. The van der Waals surface area contributed by atoms with Crippen LogP contribution in [0, 0.1) is 20.2 Å².